The highest BCUT2D eigenvalue weighted by atomic mass is 19.1. The van der Waals surface area contributed by atoms with Crippen molar-refractivity contribution in [2.45, 2.75) is 31.2 Å². The summed E-state index contributed by atoms with van der Waals surface area (Å²) in [4.78, 5) is 0. The first kappa shape index (κ1) is 10.2. The van der Waals surface area contributed by atoms with E-state index in [1.165, 1.54) is 6.07 Å². The molecule has 1 aromatic carbocycles. The summed E-state index contributed by atoms with van der Waals surface area (Å²) < 4.78 is 12.9. The second-order valence-corrected chi connectivity index (χ2v) is 4.27. The van der Waals surface area contributed by atoms with Gasteiger partial charge in [-0.25, -0.2) is 4.39 Å². The van der Waals surface area contributed by atoms with Gasteiger partial charge in [0.05, 0.1) is 0 Å². The lowest BCUT2D eigenvalue weighted by atomic mass is 9.88. The van der Waals surface area contributed by atoms with Crippen LogP contribution < -0.4 is 5.73 Å². The fourth-order valence-electron chi connectivity index (χ4n) is 2.05. The van der Waals surface area contributed by atoms with Gasteiger partial charge in [0.25, 0.3) is 0 Å². The lowest BCUT2D eigenvalue weighted by Gasteiger charge is -2.21. The van der Waals surface area contributed by atoms with Gasteiger partial charge in [0.15, 0.2) is 11.6 Å². The lowest BCUT2D eigenvalue weighted by molar-refractivity contribution is 0.408. The molecule has 1 fully saturated rings. The van der Waals surface area contributed by atoms with Crippen molar-refractivity contribution < 1.29 is 14.6 Å². The third-order valence-corrected chi connectivity index (χ3v) is 3.26. The number of halogens is 1. The lowest BCUT2D eigenvalue weighted by Crippen LogP contribution is -2.31. The molecule has 0 aliphatic heterocycles. The molecule has 82 valence electrons. The highest BCUT2D eigenvalue weighted by molar-refractivity contribution is 5.48. The van der Waals surface area contributed by atoms with E-state index in [0.29, 0.717) is 5.56 Å². The average molecular weight is 211 g/mol. The third kappa shape index (κ3) is 1.45. The number of nitrogens with two attached hydrogens (primary N) is 1. The molecule has 1 aromatic rings. The zero-order valence-corrected chi connectivity index (χ0v) is 8.50. The smallest absolute Gasteiger partial charge is 0.168 e. The van der Waals surface area contributed by atoms with Crippen LogP contribution in [0.4, 0.5) is 4.39 Å². The highest BCUT2D eigenvalue weighted by Crippen LogP contribution is 2.53. The van der Waals surface area contributed by atoms with Gasteiger partial charge in [0.1, 0.15) is 5.75 Å². The maximum Gasteiger partial charge on any atom is 0.168 e. The Bertz CT molecular complexity index is 400. The molecule has 4 N–H and O–H groups in total. The molecule has 1 aliphatic carbocycles. The van der Waals surface area contributed by atoms with Gasteiger partial charge in [-0.05, 0) is 25.8 Å². The summed E-state index contributed by atoms with van der Waals surface area (Å²) in [6, 6.07) is 2.10. The maximum absolute atomic E-state index is 12.9. The van der Waals surface area contributed by atoms with E-state index in [-0.39, 0.29) is 17.2 Å². The molecule has 3 nitrogen and oxygen atoms in total. The van der Waals surface area contributed by atoms with Crippen molar-refractivity contribution in [3.05, 3.63) is 23.5 Å². The van der Waals surface area contributed by atoms with E-state index in [2.05, 4.69) is 0 Å². The molecule has 0 bridgehead atoms. The summed E-state index contributed by atoms with van der Waals surface area (Å²) in [5.74, 6) is -1.37. The van der Waals surface area contributed by atoms with Gasteiger partial charge in [0, 0.05) is 23.1 Å². The van der Waals surface area contributed by atoms with E-state index in [4.69, 9.17) is 5.73 Å². The predicted octanol–water partition coefficient (Wildman–Crippen LogP) is 1.62. The Kier molecular flexibility index (Phi) is 2.12. The Balaban J connectivity index is 2.49. The third-order valence-electron chi connectivity index (χ3n) is 3.26. The van der Waals surface area contributed by atoms with Crippen LogP contribution in [0, 0.1) is 5.82 Å². The predicted molar refractivity (Wildman–Crippen MR) is 54.3 cm³/mol. The van der Waals surface area contributed by atoms with E-state index in [0.717, 1.165) is 18.9 Å². The fourth-order valence-corrected chi connectivity index (χ4v) is 2.05. The Labute approximate surface area is 87.3 Å². The number of hydrogen-bond donors (Lipinski definition) is 3. The van der Waals surface area contributed by atoms with Gasteiger partial charge in [-0.2, -0.15) is 0 Å². The Morgan fingerprint density at radius 3 is 2.40 bits per heavy atom. The van der Waals surface area contributed by atoms with E-state index in [1.807, 2.05) is 6.92 Å². The first-order valence-corrected chi connectivity index (χ1v) is 4.95. The molecule has 1 saturated carbocycles. The fraction of sp³-hybridized carbons (Fsp3) is 0.455. The molecule has 1 aliphatic rings. The number of benzene rings is 1. The normalized spacial score (nSPS) is 19.9. The summed E-state index contributed by atoms with van der Waals surface area (Å²) in [5.41, 5.74) is 6.10. The highest BCUT2D eigenvalue weighted by Gasteiger charge is 2.49. The minimum absolute atomic E-state index is 0.117. The molecule has 0 amide bonds. The van der Waals surface area contributed by atoms with Crippen molar-refractivity contribution in [1.29, 1.82) is 0 Å². The standard InChI is InChI=1S/C11H14FNO2/c1-6(13)11(2-3-11)7-4-10(15)8(12)5-9(7)14/h4-6,14-15H,2-3,13H2,1H3. The second kappa shape index (κ2) is 3.10. The maximum atomic E-state index is 12.9. The van der Waals surface area contributed by atoms with Crippen LogP contribution in [-0.4, -0.2) is 16.3 Å². The summed E-state index contributed by atoms with van der Waals surface area (Å²) >= 11 is 0. The molecule has 0 aromatic heterocycles. The molecule has 4 heteroatoms. The van der Waals surface area contributed by atoms with Gasteiger partial charge >= 0.3 is 0 Å². The number of rotatable bonds is 2. The van der Waals surface area contributed by atoms with E-state index in [9.17, 15) is 14.6 Å². The van der Waals surface area contributed by atoms with E-state index < -0.39 is 11.6 Å². The van der Waals surface area contributed by atoms with Crippen LogP contribution in [0.25, 0.3) is 0 Å². The van der Waals surface area contributed by atoms with Crippen molar-refractivity contribution in [3.8, 4) is 11.5 Å². The van der Waals surface area contributed by atoms with E-state index >= 15 is 0 Å². The second-order valence-electron chi connectivity index (χ2n) is 4.27. The first-order chi connectivity index (χ1) is 6.97. The first-order valence-electron chi connectivity index (χ1n) is 4.95. The minimum atomic E-state index is -0.809. The minimum Gasteiger partial charge on any atom is -0.508 e. The van der Waals surface area contributed by atoms with Crippen molar-refractivity contribution in [3.63, 3.8) is 0 Å². The van der Waals surface area contributed by atoms with Gasteiger partial charge in [-0.1, -0.05) is 0 Å². The zero-order valence-electron chi connectivity index (χ0n) is 8.50. The molecular formula is C11H14FNO2. The molecule has 15 heavy (non-hydrogen) atoms. The van der Waals surface area contributed by atoms with Gasteiger partial charge in [0.2, 0.25) is 0 Å². The van der Waals surface area contributed by atoms with E-state index in [1.54, 1.807) is 0 Å². The Morgan fingerprint density at radius 2 is 1.93 bits per heavy atom. The van der Waals surface area contributed by atoms with Crippen molar-refractivity contribution in [2.75, 3.05) is 0 Å². The number of aromatic hydroxyl groups is 2. The Morgan fingerprint density at radius 1 is 1.33 bits per heavy atom. The summed E-state index contributed by atoms with van der Waals surface area (Å²) in [7, 11) is 0. The Hall–Kier alpha value is -1.29. The molecule has 0 radical (unpaired) electrons. The van der Waals surface area contributed by atoms with Crippen molar-refractivity contribution in [1.82, 2.24) is 0 Å². The average Bonchev–Trinajstić information content (AvgIpc) is 2.92. The molecule has 1 atom stereocenters. The van der Waals surface area contributed by atoms with Crippen LogP contribution in [-0.2, 0) is 5.41 Å². The number of phenols is 2. The summed E-state index contributed by atoms with van der Waals surface area (Å²) in [6.07, 6.45) is 1.73. The molecule has 0 heterocycles. The molecule has 1 unspecified atom stereocenters. The van der Waals surface area contributed by atoms with Crippen molar-refractivity contribution in [2.24, 2.45) is 5.73 Å². The number of phenolic OH excluding ortho intramolecular Hbond substituents is 2. The van der Waals surface area contributed by atoms with Crippen LogP contribution in [0.2, 0.25) is 0 Å². The topological polar surface area (TPSA) is 66.5 Å². The number of hydrogen-bond acceptors (Lipinski definition) is 3. The molecule has 0 saturated heterocycles. The molecule has 0 spiro atoms. The molecule has 2 rings (SSSR count). The van der Waals surface area contributed by atoms with Crippen LogP contribution in [0.3, 0.4) is 0 Å². The largest absolute Gasteiger partial charge is 0.508 e. The van der Waals surface area contributed by atoms with Crippen LogP contribution in [0.15, 0.2) is 12.1 Å². The SMILES string of the molecule is CC(N)C1(c2cc(O)c(F)cc2O)CC1. The zero-order chi connectivity index (χ0) is 11.2. The quantitative estimate of drug-likeness (QED) is 0.651. The van der Waals surface area contributed by atoms with Crippen LogP contribution >= 0.6 is 0 Å². The van der Waals surface area contributed by atoms with Gasteiger partial charge < -0.3 is 15.9 Å². The van der Waals surface area contributed by atoms with Gasteiger partial charge in [-0.3, -0.25) is 0 Å². The van der Waals surface area contributed by atoms with Crippen LogP contribution in [0.5, 0.6) is 11.5 Å². The van der Waals surface area contributed by atoms with Gasteiger partial charge in [-0.15, -0.1) is 0 Å². The monoisotopic (exact) mass is 211 g/mol. The van der Waals surface area contributed by atoms with Crippen LogP contribution in [0.1, 0.15) is 25.3 Å². The summed E-state index contributed by atoms with van der Waals surface area (Å²) in [5, 5.41) is 18.9. The summed E-state index contributed by atoms with van der Waals surface area (Å²) in [6.45, 7) is 1.85. The molecular weight excluding hydrogens is 197 g/mol. The van der Waals surface area contributed by atoms with Crippen molar-refractivity contribution >= 4 is 0 Å².